The highest BCUT2D eigenvalue weighted by molar-refractivity contribution is 7.92. The molecule has 0 spiro atoms. The molecule has 0 radical (unpaired) electrons. The van der Waals surface area contributed by atoms with Crippen LogP contribution in [0.25, 0.3) is 0 Å². The predicted octanol–water partition coefficient (Wildman–Crippen LogP) is 7.41. The van der Waals surface area contributed by atoms with Gasteiger partial charge in [0.1, 0.15) is 0 Å². The van der Waals surface area contributed by atoms with Crippen LogP contribution in [0.5, 0.6) is 0 Å². The van der Waals surface area contributed by atoms with Crippen molar-refractivity contribution >= 4 is 27.3 Å². The molecule has 1 aliphatic carbocycles. The van der Waals surface area contributed by atoms with Gasteiger partial charge in [-0.3, -0.25) is 4.31 Å². The number of hydrogen-bond acceptors (Lipinski definition) is 2. The zero-order valence-corrected chi connectivity index (χ0v) is 19.6. The van der Waals surface area contributed by atoms with E-state index in [1.807, 2.05) is 0 Å². The van der Waals surface area contributed by atoms with Crippen molar-refractivity contribution in [3.05, 3.63) is 60.2 Å². The Morgan fingerprint density at radius 2 is 1.53 bits per heavy atom. The van der Waals surface area contributed by atoms with Crippen LogP contribution in [0.4, 0.5) is 32.0 Å². The number of benzene rings is 2. The maximum atomic E-state index is 13.8. The Bertz CT molecular complexity index is 1060. The third-order valence-electron chi connectivity index (χ3n) is 6.15. The molecule has 3 nitrogen and oxygen atoms in total. The molecule has 2 atom stereocenters. The maximum Gasteiger partial charge on any atom is 0.416 e. The summed E-state index contributed by atoms with van der Waals surface area (Å²) < 4.78 is 108. The van der Waals surface area contributed by atoms with Gasteiger partial charge in [0, 0.05) is 6.54 Å². The molecule has 0 amide bonds. The Hall–Kier alpha value is -1.94. The lowest BCUT2D eigenvalue weighted by Gasteiger charge is -2.37. The number of para-hydroxylation sites is 1. The summed E-state index contributed by atoms with van der Waals surface area (Å²) in [7, 11) is -4.38. The molecule has 2 unspecified atom stereocenters. The van der Waals surface area contributed by atoms with Gasteiger partial charge in [0.15, 0.2) is 0 Å². The summed E-state index contributed by atoms with van der Waals surface area (Å²) in [5, 5.41) is 0. The zero-order valence-electron chi connectivity index (χ0n) is 18.0. The minimum Gasteiger partial charge on any atom is -0.266 e. The smallest absolute Gasteiger partial charge is 0.266 e. The fourth-order valence-electron chi connectivity index (χ4n) is 4.35. The molecule has 2 aromatic rings. The van der Waals surface area contributed by atoms with Gasteiger partial charge in [0.05, 0.1) is 26.9 Å². The van der Waals surface area contributed by atoms with Crippen molar-refractivity contribution in [3.8, 4) is 0 Å². The first-order chi connectivity index (χ1) is 15.7. The summed E-state index contributed by atoms with van der Waals surface area (Å²) in [5.41, 5.74) is -0.830. The lowest BCUT2D eigenvalue weighted by Crippen LogP contribution is -2.44. The van der Waals surface area contributed by atoms with E-state index >= 15 is 0 Å². The summed E-state index contributed by atoms with van der Waals surface area (Å²) in [6, 6.07) is 10.7. The van der Waals surface area contributed by atoms with Crippen molar-refractivity contribution in [1.82, 2.24) is 0 Å². The second-order valence-corrected chi connectivity index (χ2v) is 11.0. The van der Waals surface area contributed by atoms with Crippen molar-refractivity contribution in [3.63, 3.8) is 0 Å². The van der Waals surface area contributed by atoms with Gasteiger partial charge in [0.25, 0.3) is 10.0 Å². The number of halogens is 7. The molecule has 0 aromatic heterocycles. The summed E-state index contributed by atoms with van der Waals surface area (Å²) in [5.74, 6) is -1.78. The van der Waals surface area contributed by atoms with Crippen LogP contribution in [0.3, 0.4) is 0 Å². The van der Waals surface area contributed by atoms with Gasteiger partial charge >= 0.3 is 12.4 Å². The molecule has 1 aliphatic rings. The molecule has 0 saturated heterocycles. The zero-order chi connectivity index (χ0) is 25.2. The van der Waals surface area contributed by atoms with Crippen LogP contribution >= 0.6 is 11.6 Å². The lowest BCUT2D eigenvalue weighted by molar-refractivity contribution is -0.186. The molecule has 188 valence electrons. The van der Waals surface area contributed by atoms with Crippen LogP contribution < -0.4 is 4.31 Å². The fourth-order valence-corrected chi connectivity index (χ4v) is 6.26. The van der Waals surface area contributed by atoms with Crippen LogP contribution in [0.2, 0.25) is 0 Å². The molecular formula is C23H24ClF6NO2S. The molecule has 0 heterocycles. The quantitative estimate of drug-likeness (QED) is 0.223. The second-order valence-electron chi connectivity index (χ2n) is 8.41. The first kappa shape index (κ1) is 26.7. The topological polar surface area (TPSA) is 37.4 Å². The van der Waals surface area contributed by atoms with E-state index in [1.165, 1.54) is 12.1 Å². The van der Waals surface area contributed by atoms with Crippen LogP contribution in [0.1, 0.15) is 44.1 Å². The molecule has 3 rings (SSSR count). The van der Waals surface area contributed by atoms with Crippen molar-refractivity contribution in [1.29, 1.82) is 0 Å². The van der Waals surface area contributed by atoms with E-state index < -0.39 is 43.6 Å². The maximum absolute atomic E-state index is 13.8. The Morgan fingerprint density at radius 3 is 2.09 bits per heavy atom. The third-order valence-corrected chi connectivity index (χ3v) is 8.63. The number of anilines is 1. The van der Waals surface area contributed by atoms with E-state index in [0.717, 1.165) is 16.4 Å². The summed E-state index contributed by atoms with van der Waals surface area (Å²) in [4.78, 5) is -2.08. The van der Waals surface area contributed by atoms with E-state index in [-0.39, 0.29) is 31.5 Å². The first-order valence-electron chi connectivity index (χ1n) is 10.8. The first-order valence-corrected chi connectivity index (χ1v) is 12.6. The highest BCUT2D eigenvalue weighted by Gasteiger charge is 2.52. The number of rotatable bonds is 6. The molecule has 0 aliphatic heterocycles. The van der Waals surface area contributed by atoms with Gasteiger partial charge in [-0.2, -0.15) is 26.3 Å². The normalized spacial score (nSPS) is 22.3. The third kappa shape index (κ3) is 6.00. The second kappa shape index (κ2) is 9.97. The largest absolute Gasteiger partial charge is 0.416 e. The summed E-state index contributed by atoms with van der Waals surface area (Å²) in [6.07, 6.45) is -8.01. The Kier molecular flexibility index (Phi) is 7.82. The van der Waals surface area contributed by atoms with Crippen molar-refractivity contribution in [2.45, 2.75) is 60.6 Å². The van der Waals surface area contributed by atoms with E-state index in [0.29, 0.717) is 31.4 Å². The predicted molar refractivity (Wildman–Crippen MR) is 118 cm³/mol. The van der Waals surface area contributed by atoms with Gasteiger partial charge < -0.3 is 0 Å². The summed E-state index contributed by atoms with van der Waals surface area (Å²) in [6.45, 7) is -0.358. The van der Waals surface area contributed by atoms with Gasteiger partial charge in [-0.05, 0) is 55.7 Å². The molecule has 11 heteroatoms. The number of hydrogen-bond donors (Lipinski definition) is 0. The fraction of sp³-hybridized carbons (Fsp3) is 0.478. The van der Waals surface area contributed by atoms with Gasteiger partial charge in [-0.15, -0.1) is 11.6 Å². The van der Waals surface area contributed by atoms with E-state index in [9.17, 15) is 34.8 Å². The monoisotopic (exact) mass is 527 g/mol. The molecular weight excluding hydrogens is 504 g/mol. The van der Waals surface area contributed by atoms with Gasteiger partial charge in [-0.1, -0.05) is 37.5 Å². The van der Waals surface area contributed by atoms with Crippen molar-refractivity contribution in [2.75, 3.05) is 10.8 Å². The lowest BCUT2D eigenvalue weighted by atomic mass is 9.84. The highest BCUT2D eigenvalue weighted by Crippen LogP contribution is 2.48. The molecule has 1 saturated carbocycles. The molecule has 0 bridgehead atoms. The van der Waals surface area contributed by atoms with E-state index in [4.69, 9.17) is 11.6 Å². The minimum atomic E-state index is -4.64. The Balaban J connectivity index is 1.96. The molecule has 1 fully saturated rings. The van der Waals surface area contributed by atoms with Crippen LogP contribution in [0.15, 0.2) is 59.5 Å². The average molecular weight is 528 g/mol. The standard InChI is InChI=1S/C23H24ClF6NO2S/c24-21(14-6-2-5-9-20(21)23(28,29)30)15-16-31(18-7-3-1-4-8-18)34(32,33)19-12-10-17(11-13-19)22(25,26)27/h1,3-4,7-8,10-13,20H,2,5-6,9,14-16H2. The van der Waals surface area contributed by atoms with Gasteiger partial charge in [0.2, 0.25) is 0 Å². The van der Waals surface area contributed by atoms with E-state index in [2.05, 4.69) is 0 Å². The van der Waals surface area contributed by atoms with Crippen LogP contribution in [-0.4, -0.2) is 26.0 Å². The highest BCUT2D eigenvalue weighted by atomic mass is 35.5. The molecule has 0 N–H and O–H groups in total. The number of alkyl halides is 7. The van der Waals surface area contributed by atoms with Crippen molar-refractivity contribution in [2.24, 2.45) is 5.92 Å². The van der Waals surface area contributed by atoms with E-state index in [1.54, 1.807) is 18.2 Å². The SMILES string of the molecule is O=S(=O)(c1ccc(C(F)(F)F)cc1)N(CCC1(Cl)CCCCCC1C(F)(F)F)c1ccccc1. The minimum absolute atomic E-state index is 0.0850. The number of sulfonamides is 1. The summed E-state index contributed by atoms with van der Waals surface area (Å²) >= 11 is 6.56. The Labute approximate surface area is 199 Å². The molecule has 34 heavy (non-hydrogen) atoms. The average Bonchev–Trinajstić information content (AvgIpc) is 2.95. The van der Waals surface area contributed by atoms with Crippen LogP contribution in [0, 0.1) is 5.92 Å². The molecule has 2 aromatic carbocycles. The van der Waals surface area contributed by atoms with Crippen molar-refractivity contribution < 1.29 is 34.8 Å². The number of nitrogens with zero attached hydrogens (tertiary/aromatic N) is 1. The van der Waals surface area contributed by atoms with Gasteiger partial charge in [-0.25, -0.2) is 8.42 Å². The van der Waals surface area contributed by atoms with Crippen LogP contribution in [-0.2, 0) is 16.2 Å². The Morgan fingerprint density at radius 1 is 0.912 bits per heavy atom.